The van der Waals surface area contributed by atoms with E-state index in [4.69, 9.17) is 14.2 Å². The molecule has 1 unspecified atom stereocenters. The molecular formula is C15H26O6. The van der Waals surface area contributed by atoms with Crippen LogP contribution in [0.2, 0.25) is 0 Å². The summed E-state index contributed by atoms with van der Waals surface area (Å²) >= 11 is 0. The molecule has 0 bridgehead atoms. The van der Waals surface area contributed by atoms with Crippen molar-refractivity contribution in [1.82, 2.24) is 0 Å². The summed E-state index contributed by atoms with van der Waals surface area (Å²) in [6.45, 7) is 8.73. The second-order valence-corrected chi connectivity index (χ2v) is 5.11. The van der Waals surface area contributed by atoms with E-state index in [0.717, 1.165) is 12.8 Å². The first-order chi connectivity index (χ1) is 9.90. The second kappa shape index (κ2) is 10.2. The van der Waals surface area contributed by atoms with Crippen molar-refractivity contribution in [2.75, 3.05) is 26.4 Å². The van der Waals surface area contributed by atoms with Crippen molar-refractivity contribution >= 4 is 12.1 Å². The number of unbranched alkanes of at least 4 members (excludes halogenated alkanes) is 1. The molecule has 0 aromatic rings. The SMILES string of the molecule is C=C(C)C(=O)OCC(CC)(CO)COC(=O)OCCCC. The molecule has 0 spiro atoms. The molecule has 0 rings (SSSR count). The lowest BCUT2D eigenvalue weighted by molar-refractivity contribution is -0.145. The van der Waals surface area contributed by atoms with E-state index in [2.05, 4.69) is 6.58 Å². The average Bonchev–Trinajstić information content (AvgIpc) is 2.48. The molecule has 0 aromatic carbocycles. The molecule has 21 heavy (non-hydrogen) atoms. The molecule has 0 aliphatic carbocycles. The van der Waals surface area contributed by atoms with Gasteiger partial charge in [0.1, 0.15) is 13.2 Å². The van der Waals surface area contributed by atoms with Crippen molar-refractivity contribution in [3.05, 3.63) is 12.2 Å². The van der Waals surface area contributed by atoms with Gasteiger partial charge in [-0.25, -0.2) is 9.59 Å². The lowest BCUT2D eigenvalue weighted by Crippen LogP contribution is -2.37. The van der Waals surface area contributed by atoms with Crippen molar-refractivity contribution in [2.45, 2.75) is 40.0 Å². The number of hydrogen-bond acceptors (Lipinski definition) is 6. The van der Waals surface area contributed by atoms with Gasteiger partial charge in [-0.2, -0.15) is 0 Å². The zero-order valence-electron chi connectivity index (χ0n) is 13.1. The van der Waals surface area contributed by atoms with Crippen molar-refractivity contribution in [3.8, 4) is 0 Å². The van der Waals surface area contributed by atoms with Gasteiger partial charge >= 0.3 is 12.1 Å². The van der Waals surface area contributed by atoms with Gasteiger partial charge in [0.25, 0.3) is 0 Å². The minimum Gasteiger partial charge on any atom is -0.462 e. The molecule has 1 N–H and O–H groups in total. The van der Waals surface area contributed by atoms with E-state index in [1.165, 1.54) is 6.92 Å². The zero-order chi connectivity index (χ0) is 16.3. The van der Waals surface area contributed by atoms with Crippen LogP contribution in [0.4, 0.5) is 4.79 Å². The molecule has 0 amide bonds. The maximum Gasteiger partial charge on any atom is 0.508 e. The second-order valence-electron chi connectivity index (χ2n) is 5.11. The molecule has 0 saturated carbocycles. The summed E-state index contributed by atoms with van der Waals surface area (Å²) in [5.74, 6) is -0.535. The van der Waals surface area contributed by atoms with Crippen LogP contribution in [-0.2, 0) is 19.0 Å². The van der Waals surface area contributed by atoms with Crippen LogP contribution in [0.5, 0.6) is 0 Å². The van der Waals surface area contributed by atoms with Crippen LogP contribution in [0.15, 0.2) is 12.2 Å². The summed E-state index contributed by atoms with van der Waals surface area (Å²) in [5.41, 5.74) is -0.549. The van der Waals surface area contributed by atoms with Gasteiger partial charge in [0, 0.05) is 5.57 Å². The van der Waals surface area contributed by atoms with E-state index in [1.54, 1.807) is 0 Å². The van der Waals surface area contributed by atoms with Crippen LogP contribution in [-0.4, -0.2) is 43.7 Å². The molecule has 6 nitrogen and oxygen atoms in total. The Hall–Kier alpha value is -1.56. The lowest BCUT2D eigenvalue weighted by Gasteiger charge is -2.29. The third-order valence-corrected chi connectivity index (χ3v) is 3.16. The maximum atomic E-state index is 11.4. The van der Waals surface area contributed by atoms with Gasteiger partial charge in [0.05, 0.1) is 18.6 Å². The molecule has 1 atom stereocenters. The van der Waals surface area contributed by atoms with Crippen molar-refractivity contribution in [3.63, 3.8) is 0 Å². The highest BCUT2D eigenvalue weighted by molar-refractivity contribution is 5.86. The number of esters is 1. The lowest BCUT2D eigenvalue weighted by atomic mass is 9.88. The minimum absolute atomic E-state index is 0.0477. The van der Waals surface area contributed by atoms with Crippen molar-refractivity contribution in [1.29, 1.82) is 0 Å². The fourth-order valence-electron chi connectivity index (χ4n) is 1.34. The van der Waals surface area contributed by atoms with Gasteiger partial charge in [-0.05, 0) is 19.8 Å². The predicted octanol–water partition coefficient (Wildman–Crippen LogP) is 2.45. The van der Waals surface area contributed by atoms with Crippen LogP contribution in [0.1, 0.15) is 40.0 Å². The molecule has 0 aliphatic rings. The van der Waals surface area contributed by atoms with Gasteiger partial charge < -0.3 is 19.3 Å². The van der Waals surface area contributed by atoms with Gasteiger partial charge in [-0.1, -0.05) is 26.8 Å². The Morgan fingerprint density at radius 1 is 1.14 bits per heavy atom. The van der Waals surface area contributed by atoms with E-state index in [-0.39, 0.29) is 25.4 Å². The summed E-state index contributed by atoms with van der Waals surface area (Å²) in [6, 6.07) is 0. The van der Waals surface area contributed by atoms with E-state index in [1.807, 2.05) is 13.8 Å². The third-order valence-electron chi connectivity index (χ3n) is 3.16. The summed E-state index contributed by atoms with van der Waals surface area (Å²) in [6.07, 6.45) is 1.39. The van der Waals surface area contributed by atoms with Gasteiger partial charge in [0.2, 0.25) is 0 Å². The van der Waals surface area contributed by atoms with Crippen LogP contribution in [0.25, 0.3) is 0 Å². The topological polar surface area (TPSA) is 82.1 Å². The van der Waals surface area contributed by atoms with E-state index < -0.39 is 17.5 Å². The van der Waals surface area contributed by atoms with E-state index in [0.29, 0.717) is 13.0 Å². The summed E-state index contributed by atoms with van der Waals surface area (Å²) < 4.78 is 14.9. The number of ether oxygens (including phenoxy) is 3. The van der Waals surface area contributed by atoms with Gasteiger partial charge in [0.15, 0.2) is 0 Å². The molecule has 0 saturated heterocycles. The normalized spacial score (nSPS) is 13.1. The fourth-order valence-corrected chi connectivity index (χ4v) is 1.34. The Morgan fingerprint density at radius 3 is 2.24 bits per heavy atom. The predicted molar refractivity (Wildman–Crippen MR) is 77.8 cm³/mol. The fraction of sp³-hybridized carbons (Fsp3) is 0.733. The number of carbonyl (C=O) groups is 2. The molecular weight excluding hydrogens is 276 g/mol. The monoisotopic (exact) mass is 302 g/mol. The zero-order valence-corrected chi connectivity index (χ0v) is 13.1. The highest BCUT2D eigenvalue weighted by Gasteiger charge is 2.32. The van der Waals surface area contributed by atoms with Crippen molar-refractivity contribution < 1.29 is 28.9 Å². The first-order valence-electron chi connectivity index (χ1n) is 7.13. The molecule has 122 valence electrons. The number of aliphatic hydroxyl groups excluding tert-OH is 1. The molecule has 0 heterocycles. The first kappa shape index (κ1) is 19.4. The van der Waals surface area contributed by atoms with Crippen LogP contribution in [0.3, 0.4) is 0 Å². The first-order valence-corrected chi connectivity index (χ1v) is 7.13. The summed E-state index contributed by atoms with van der Waals surface area (Å²) in [5, 5.41) is 9.51. The highest BCUT2D eigenvalue weighted by atomic mass is 16.7. The molecule has 0 fully saturated rings. The van der Waals surface area contributed by atoms with Crippen LogP contribution in [0, 0.1) is 5.41 Å². The maximum absolute atomic E-state index is 11.4. The minimum atomic E-state index is -0.825. The molecule has 6 heteroatoms. The summed E-state index contributed by atoms with van der Waals surface area (Å²) in [4.78, 5) is 22.8. The quantitative estimate of drug-likeness (QED) is 0.379. The van der Waals surface area contributed by atoms with Crippen LogP contribution < -0.4 is 0 Å². The highest BCUT2D eigenvalue weighted by Crippen LogP contribution is 2.23. The number of aliphatic hydroxyl groups is 1. The Labute approximate surface area is 126 Å². The van der Waals surface area contributed by atoms with Crippen molar-refractivity contribution in [2.24, 2.45) is 5.41 Å². The van der Waals surface area contributed by atoms with E-state index >= 15 is 0 Å². The average molecular weight is 302 g/mol. The Kier molecular flexibility index (Phi) is 9.45. The van der Waals surface area contributed by atoms with Gasteiger partial charge in [-0.15, -0.1) is 0 Å². The largest absolute Gasteiger partial charge is 0.508 e. The Bertz CT molecular complexity index is 346. The Balaban J connectivity index is 4.35. The number of carbonyl (C=O) groups excluding carboxylic acids is 2. The molecule has 0 radical (unpaired) electrons. The number of hydrogen-bond donors (Lipinski definition) is 1. The molecule has 0 aliphatic heterocycles. The van der Waals surface area contributed by atoms with Gasteiger partial charge in [-0.3, -0.25) is 0 Å². The number of rotatable bonds is 10. The third kappa shape index (κ3) is 7.70. The van der Waals surface area contributed by atoms with Crippen LogP contribution >= 0.6 is 0 Å². The summed E-state index contributed by atoms with van der Waals surface area (Å²) in [7, 11) is 0. The molecule has 0 aromatic heterocycles. The smallest absolute Gasteiger partial charge is 0.462 e. The Morgan fingerprint density at radius 2 is 1.76 bits per heavy atom. The van der Waals surface area contributed by atoms with E-state index in [9.17, 15) is 14.7 Å². The standard InChI is InChI=1S/C15H26O6/c1-5-7-8-19-14(18)21-11-15(6-2,9-16)10-20-13(17)12(3)4/h16H,3,5-11H2,1-2,4H3.